The van der Waals surface area contributed by atoms with Crippen molar-refractivity contribution in [2.75, 3.05) is 0 Å². The molecule has 0 spiro atoms. The molecule has 112 valence electrons. The van der Waals surface area contributed by atoms with E-state index in [2.05, 4.69) is 29.2 Å². The van der Waals surface area contributed by atoms with E-state index in [-0.39, 0.29) is 5.92 Å². The topological polar surface area (TPSA) is 26.0 Å². The van der Waals surface area contributed by atoms with Crippen LogP contribution >= 0.6 is 11.6 Å². The first-order valence-corrected chi connectivity index (χ1v) is 7.85. The van der Waals surface area contributed by atoms with Gasteiger partial charge in [-0.15, -0.1) is 0 Å². The quantitative estimate of drug-likeness (QED) is 0.487. The van der Waals surface area contributed by atoms with Crippen molar-refractivity contribution in [2.24, 2.45) is 0 Å². The summed E-state index contributed by atoms with van der Waals surface area (Å²) in [7, 11) is 0. The van der Waals surface area contributed by atoms with Gasteiger partial charge in [-0.3, -0.25) is 0 Å². The van der Waals surface area contributed by atoms with Crippen LogP contribution in [-0.2, 0) is 0 Å². The molecule has 0 radical (unpaired) electrons. The summed E-state index contributed by atoms with van der Waals surface area (Å²) in [5.74, 6) is 0.642. The molecule has 23 heavy (non-hydrogen) atoms. The molecule has 0 bridgehead atoms. The molecule has 0 aliphatic carbocycles. The van der Waals surface area contributed by atoms with Crippen LogP contribution in [0.2, 0.25) is 5.02 Å². The average molecular weight is 320 g/mol. The van der Waals surface area contributed by atoms with Gasteiger partial charge in [0.2, 0.25) is 5.89 Å². The molecule has 0 unspecified atom stereocenters. The maximum atomic E-state index is 6.06. The number of hydrogen-bond donors (Lipinski definition) is 0. The molecule has 2 nitrogen and oxygen atoms in total. The lowest BCUT2D eigenvalue weighted by atomic mass is 9.91. The Labute approximate surface area is 139 Å². The van der Waals surface area contributed by atoms with E-state index < -0.39 is 0 Å². The zero-order valence-corrected chi connectivity index (χ0v) is 13.1. The van der Waals surface area contributed by atoms with E-state index in [1.54, 1.807) is 0 Å². The highest BCUT2D eigenvalue weighted by atomic mass is 35.5. The van der Waals surface area contributed by atoms with Crippen LogP contribution in [0.3, 0.4) is 0 Å². The minimum Gasteiger partial charge on any atom is -0.440 e. The molecule has 3 heteroatoms. The first-order valence-electron chi connectivity index (χ1n) is 7.47. The van der Waals surface area contributed by atoms with E-state index >= 15 is 0 Å². The molecule has 0 aliphatic heterocycles. The van der Waals surface area contributed by atoms with Crippen LogP contribution in [-0.4, -0.2) is 4.98 Å². The Bertz CT molecular complexity index is 892. The minimum absolute atomic E-state index is 0.0384. The second kappa shape index (κ2) is 5.90. The van der Waals surface area contributed by atoms with Gasteiger partial charge in [0.05, 0.1) is 5.92 Å². The second-order valence-corrected chi connectivity index (χ2v) is 5.85. The van der Waals surface area contributed by atoms with Crippen molar-refractivity contribution in [1.82, 2.24) is 4.98 Å². The van der Waals surface area contributed by atoms with Crippen molar-refractivity contribution < 1.29 is 4.42 Å². The Morgan fingerprint density at radius 1 is 0.783 bits per heavy atom. The molecule has 0 N–H and O–H groups in total. The number of benzene rings is 3. The smallest absolute Gasteiger partial charge is 0.207 e. The predicted molar refractivity (Wildman–Crippen MR) is 92.8 cm³/mol. The highest BCUT2D eigenvalue weighted by molar-refractivity contribution is 6.31. The van der Waals surface area contributed by atoms with Gasteiger partial charge in [0.15, 0.2) is 5.58 Å². The molecule has 0 aliphatic rings. The summed E-state index contributed by atoms with van der Waals surface area (Å²) in [6.45, 7) is 0. The van der Waals surface area contributed by atoms with Gasteiger partial charge in [0.25, 0.3) is 0 Å². The average Bonchev–Trinajstić information content (AvgIpc) is 2.99. The fraction of sp³-hybridized carbons (Fsp3) is 0.0500. The summed E-state index contributed by atoms with van der Waals surface area (Å²) in [6, 6.07) is 26.1. The Kier molecular flexibility index (Phi) is 3.60. The van der Waals surface area contributed by atoms with Crippen molar-refractivity contribution in [3.8, 4) is 0 Å². The van der Waals surface area contributed by atoms with E-state index in [0.717, 1.165) is 22.2 Å². The van der Waals surface area contributed by atoms with Gasteiger partial charge in [0.1, 0.15) is 5.52 Å². The minimum atomic E-state index is -0.0384. The molecule has 1 aromatic heterocycles. The van der Waals surface area contributed by atoms with Crippen molar-refractivity contribution in [2.45, 2.75) is 5.92 Å². The molecular weight excluding hydrogens is 306 g/mol. The SMILES string of the molecule is Clc1ccc2oc(C(c3ccccc3)c3ccccc3)nc2c1. The summed E-state index contributed by atoms with van der Waals surface area (Å²) < 4.78 is 6.02. The van der Waals surface area contributed by atoms with E-state index in [1.165, 1.54) is 0 Å². The van der Waals surface area contributed by atoms with Gasteiger partial charge in [-0.2, -0.15) is 0 Å². The van der Waals surface area contributed by atoms with Gasteiger partial charge in [-0.1, -0.05) is 72.3 Å². The third kappa shape index (κ3) is 2.73. The van der Waals surface area contributed by atoms with Crippen LogP contribution < -0.4 is 0 Å². The van der Waals surface area contributed by atoms with Gasteiger partial charge in [0, 0.05) is 5.02 Å². The highest BCUT2D eigenvalue weighted by Gasteiger charge is 2.22. The van der Waals surface area contributed by atoms with Crippen molar-refractivity contribution in [3.05, 3.63) is 101 Å². The number of hydrogen-bond acceptors (Lipinski definition) is 2. The van der Waals surface area contributed by atoms with Gasteiger partial charge >= 0.3 is 0 Å². The number of oxazole rings is 1. The summed E-state index contributed by atoms with van der Waals surface area (Å²) in [4.78, 5) is 4.68. The maximum Gasteiger partial charge on any atom is 0.207 e. The van der Waals surface area contributed by atoms with Crippen LogP contribution in [0.25, 0.3) is 11.1 Å². The zero-order chi connectivity index (χ0) is 15.6. The standard InChI is InChI=1S/C20H14ClNO/c21-16-11-12-18-17(13-16)22-20(23-18)19(14-7-3-1-4-8-14)15-9-5-2-6-10-15/h1-13,19H. The van der Waals surface area contributed by atoms with E-state index in [4.69, 9.17) is 16.0 Å². The van der Waals surface area contributed by atoms with Crippen molar-refractivity contribution in [1.29, 1.82) is 0 Å². The van der Waals surface area contributed by atoms with Crippen LogP contribution in [0.15, 0.2) is 83.3 Å². The lowest BCUT2D eigenvalue weighted by Crippen LogP contribution is -2.03. The third-order valence-corrected chi connectivity index (χ3v) is 4.11. The van der Waals surface area contributed by atoms with E-state index in [0.29, 0.717) is 10.9 Å². The van der Waals surface area contributed by atoms with Crippen LogP contribution in [0.1, 0.15) is 22.9 Å². The predicted octanol–water partition coefficient (Wildman–Crippen LogP) is 5.66. The maximum absolute atomic E-state index is 6.06. The van der Waals surface area contributed by atoms with Crippen molar-refractivity contribution >= 4 is 22.7 Å². The largest absolute Gasteiger partial charge is 0.440 e. The Balaban J connectivity index is 1.90. The summed E-state index contributed by atoms with van der Waals surface area (Å²) in [5, 5.41) is 0.660. The Morgan fingerprint density at radius 3 is 2.00 bits per heavy atom. The van der Waals surface area contributed by atoms with Crippen LogP contribution in [0.4, 0.5) is 0 Å². The fourth-order valence-electron chi connectivity index (χ4n) is 2.81. The molecule has 4 aromatic rings. The summed E-state index contributed by atoms with van der Waals surface area (Å²) in [6.07, 6.45) is 0. The number of halogens is 1. The molecule has 1 heterocycles. The van der Waals surface area contributed by atoms with Crippen molar-refractivity contribution in [3.63, 3.8) is 0 Å². The number of rotatable bonds is 3. The summed E-state index contributed by atoms with van der Waals surface area (Å²) >= 11 is 6.06. The normalized spacial score (nSPS) is 11.2. The summed E-state index contributed by atoms with van der Waals surface area (Å²) in [5.41, 5.74) is 3.83. The monoisotopic (exact) mass is 319 g/mol. The number of aromatic nitrogens is 1. The zero-order valence-electron chi connectivity index (χ0n) is 12.3. The van der Waals surface area contributed by atoms with E-state index in [9.17, 15) is 0 Å². The lowest BCUT2D eigenvalue weighted by molar-refractivity contribution is 0.522. The molecule has 0 amide bonds. The molecule has 0 saturated carbocycles. The Morgan fingerprint density at radius 2 is 1.39 bits per heavy atom. The van der Waals surface area contributed by atoms with Gasteiger partial charge in [-0.05, 0) is 29.3 Å². The molecule has 0 saturated heterocycles. The molecule has 0 atom stereocenters. The fourth-order valence-corrected chi connectivity index (χ4v) is 2.98. The first kappa shape index (κ1) is 14.0. The molecular formula is C20H14ClNO. The Hall–Kier alpha value is -2.58. The second-order valence-electron chi connectivity index (χ2n) is 5.42. The van der Waals surface area contributed by atoms with Crippen LogP contribution in [0.5, 0.6) is 0 Å². The molecule has 0 fully saturated rings. The highest BCUT2D eigenvalue weighted by Crippen LogP contribution is 2.33. The lowest BCUT2D eigenvalue weighted by Gasteiger charge is -2.14. The number of nitrogens with zero attached hydrogens (tertiary/aromatic N) is 1. The molecule has 3 aromatic carbocycles. The van der Waals surface area contributed by atoms with Crippen LogP contribution in [0, 0.1) is 0 Å². The first-order chi connectivity index (χ1) is 11.3. The van der Waals surface area contributed by atoms with Gasteiger partial charge < -0.3 is 4.42 Å². The third-order valence-electron chi connectivity index (χ3n) is 3.88. The van der Waals surface area contributed by atoms with E-state index in [1.807, 2.05) is 54.6 Å². The van der Waals surface area contributed by atoms with Gasteiger partial charge in [-0.25, -0.2) is 4.98 Å². The number of fused-ring (bicyclic) bond motifs is 1. The molecule has 4 rings (SSSR count).